The van der Waals surface area contributed by atoms with Gasteiger partial charge in [0.25, 0.3) is 0 Å². The number of hydrogen-bond acceptors (Lipinski definition) is 9. The van der Waals surface area contributed by atoms with Crippen LogP contribution < -0.4 is 11.1 Å². The summed E-state index contributed by atoms with van der Waals surface area (Å²) in [6.45, 7) is 4.55. The number of aliphatic hydroxyl groups is 1. The maximum absolute atomic E-state index is 12.6. The van der Waals surface area contributed by atoms with Crippen LogP contribution in [0.1, 0.15) is 194 Å². The average Bonchev–Trinajstić information content (AvgIpc) is 3.16. The predicted molar refractivity (Wildman–Crippen MR) is 221 cm³/mol. The number of thioether (sulfide) groups is 1. The molecule has 1 amide bonds. The lowest BCUT2D eigenvalue weighted by atomic mass is 10.0. The molecule has 332 valence electrons. The summed E-state index contributed by atoms with van der Waals surface area (Å²) < 4.78 is 43.0. The molecule has 0 heterocycles. The standard InChI is InChI=1S/C40H78N2O6S.C2HF3O2/c1-3-5-7-9-11-13-15-17-19-21-23-25-27-29-38(44)47-34-36(35-49-32-31-42-40(46)37(41)33-43)48-39(45)30-28-26-24-22-20-18-16-14-12-10-8-6-4-2;3-2(4,5)1(6)7/h36-37,43H,3-35,41H2,1-2H3,(H,42,46);(H,6,7)/t36-,37-;/m1./s1. The maximum atomic E-state index is 12.6. The highest BCUT2D eigenvalue weighted by Crippen LogP contribution is 2.16. The number of alkyl halides is 3. The zero-order valence-corrected chi connectivity index (χ0v) is 35.8. The molecule has 56 heavy (non-hydrogen) atoms. The highest BCUT2D eigenvalue weighted by atomic mass is 32.2. The summed E-state index contributed by atoms with van der Waals surface area (Å²) >= 11 is 1.52. The number of hydrogen-bond donors (Lipinski definition) is 4. The van der Waals surface area contributed by atoms with Crippen molar-refractivity contribution < 1.29 is 52.0 Å². The number of halogens is 3. The van der Waals surface area contributed by atoms with Gasteiger partial charge in [-0.15, -0.1) is 0 Å². The lowest BCUT2D eigenvalue weighted by Crippen LogP contribution is -2.43. The Balaban J connectivity index is 0. The van der Waals surface area contributed by atoms with E-state index in [0.717, 1.165) is 38.5 Å². The van der Waals surface area contributed by atoms with Gasteiger partial charge in [-0.3, -0.25) is 14.4 Å². The number of carbonyl (C=O) groups is 4. The van der Waals surface area contributed by atoms with Crippen LogP contribution in [0.2, 0.25) is 0 Å². The van der Waals surface area contributed by atoms with Crippen LogP contribution in [-0.2, 0) is 28.7 Å². The lowest BCUT2D eigenvalue weighted by molar-refractivity contribution is -0.192. The Labute approximate surface area is 341 Å². The number of carboxylic acids is 1. The second kappa shape index (κ2) is 41.1. The quantitative estimate of drug-likeness (QED) is 0.0348. The summed E-state index contributed by atoms with van der Waals surface area (Å²) in [5.41, 5.74) is 5.53. The van der Waals surface area contributed by atoms with Crippen molar-refractivity contribution in [1.29, 1.82) is 0 Å². The smallest absolute Gasteiger partial charge is 0.475 e. The van der Waals surface area contributed by atoms with Gasteiger partial charge in [-0.25, -0.2) is 4.79 Å². The molecule has 0 aromatic rings. The van der Waals surface area contributed by atoms with Crippen LogP contribution in [0.5, 0.6) is 0 Å². The minimum Gasteiger partial charge on any atom is -0.475 e. The number of nitrogens with two attached hydrogens (primary N) is 1. The van der Waals surface area contributed by atoms with Crippen molar-refractivity contribution in [3.8, 4) is 0 Å². The van der Waals surface area contributed by atoms with E-state index in [2.05, 4.69) is 19.2 Å². The lowest BCUT2D eigenvalue weighted by Gasteiger charge is -2.18. The zero-order chi connectivity index (χ0) is 42.1. The fraction of sp³-hybridized carbons (Fsp3) is 0.905. The van der Waals surface area contributed by atoms with Crippen molar-refractivity contribution >= 4 is 35.6 Å². The van der Waals surface area contributed by atoms with Crippen molar-refractivity contribution in [3.63, 3.8) is 0 Å². The van der Waals surface area contributed by atoms with Gasteiger partial charge < -0.3 is 30.7 Å². The third-order valence-corrected chi connectivity index (χ3v) is 10.4. The molecule has 0 aliphatic carbocycles. The molecule has 10 nitrogen and oxygen atoms in total. The van der Waals surface area contributed by atoms with E-state index in [4.69, 9.17) is 30.2 Å². The molecule has 5 N–H and O–H groups in total. The second-order valence-electron chi connectivity index (χ2n) is 14.7. The van der Waals surface area contributed by atoms with Crippen molar-refractivity contribution in [1.82, 2.24) is 5.32 Å². The summed E-state index contributed by atoms with van der Waals surface area (Å²) in [6, 6.07) is -0.932. The Kier molecular flexibility index (Phi) is 41.1. The largest absolute Gasteiger partial charge is 0.490 e. The van der Waals surface area contributed by atoms with E-state index in [-0.39, 0.29) is 18.5 Å². The van der Waals surface area contributed by atoms with Crippen LogP contribution in [0.15, 0.2) is 0 Å². The van der Waals surface area contributed by atoms with Gasteiger partial charge in [-0.2, -0.15) is 24.9 Å². The van der Waals surface area contributed by atoms with E-state index in [0.29, 0.717) is 30.9 Å². The second-order valence-corrected chi connectivity index (χ2v) is 15.9. The number of aliphatic carboxylic acids is 1. The number of unbranched alkanes of at least 4 members (excludes halogenated alkanes) is 24. The fourth-order valence-corrected chi connectivity index (χ4v) is 6.71. The molecular weight excluding hydrogens is 750 g/mol. The Hall–Kier alpha value is -2.06. The predicted octanol–water partition coefficient (Wildman–Crippen LogP) is 10.2. The van der Waals surface area contributed by atoms with Gasteiger partial charge in [-0.05, 0) is 12.8 Å². The van der Waals surface area contributed by atoms with Crippen LogP contribution in [0, 0.1) is 0 Å². The van der Waals surface area contributed by atoms with Crippen molar-refractivity contribution in [2.24, 2.45) is 5.73 Å². The van der Waals surface area contributed by atoms with Crippen molar-refractivity contribution in [2.75, 3.05) is 31.3 Å². The van der Waals surface area contributed by atoms with Crippen LogP contribution in [-0.4, -0.2) is 83.6 Å². The first-order valence-electron chi connectivity index (χ1n) is 21.8. The Bertz CT molecular complexity index is 946. The summed E-state index contributed by atoms with van der Waals surface area (Å²) in [6.07, 6.45) is 27.8. The zero-order valence-electron chi connectivity index (χ0n) is 35.0. The highest BCUT2D eigenvalue weighted by molar-refractivity contribution is 7.99. The molecule has 0 spiro atoms. The SMILES string of the molecule is CCCCCCCCCCCCCCCC(=O)OC[C@H](CSCCNC(=O)[C@H](N)CO)OC(=O)CCCCCCCCCCCCCCC.O=C(O)C(F)(F)F. The molecule has 0 aliphatic rings. The molecule has 14 heteroatoms. The molecule has 0 bridgehead atoms. The first kappa shape index (κ1) is 56.0. The highest BCUT2D eigenvalue weighted by Gasteiger charge is 2.38. The minimum absolute atomic E-state index is 0.0520. The third kappa shape index (κ3) is 41.6. The molecule has 0 aromatic carbocycles. The summed E-state index contributed by atoms with van der Waals surface area (Å²) in [5.74, 6) is -2.58. The number of carbonyl (C=O) groups excluding carboxylic acids is 3. The molecule has 0 rings (SSSR count). The molecule has 0 saturated carbocycles. The van der Waals surface area contributed by atoms with Crippen LogP contribution in [0.4, 0.5) is 13.2 Å². The van der Waals surface area contributed by atoms with Gasteiger partial charge in [-0.1, -0.05) is 168 Å². The number of esters is 2. The molecule has 0 fully saturated rings. The molecule has 0 unspecified atom stereocenters. The average molecular weight is 829 g/mol. The van der Waals surface area contributed by atoms with Crippen molar-refractivity contribution in [2.45, 2.75) is 212 Å². The minimum atomic E-state index is -5.08. The molecule has 0 saturated heterocycles. The monoisotopic (exact) mass is 829 g/mol. The first-order chi connectivity index (χ1) is 26.9. The Morgan fingerprint density at radius 3 is 1.36 bits per heavy atom. The van der Waals surface area contributed by atoms with Crippen LogP contribution >= 0.6 is 11.8 Å². The number of rotatable bonds is 38. The number of aliphatic hydroxyl groups excluding tert-OH is 1. The number of carboxylic acid groups (broad SMARTS) is 1. The summed E-state index contributed by atoms with van der Waals surface area (Å²) in [5, 5.41) is 18.8. The van der Waals surface area contributed by atoms with Gasteiger partial charge in [0.15, 0.2) is 0 Å². The number of ether oxygens (including phenoxy) is 2. The molecular formula is C42H79F3N2O8S. The van der Waals surface area contributed by atoms with Crippen LogP contribution in [0.25, 0.3) is 0 Å². The Morgan fingerprint density at radius 2 is 1.00 bits per heavy atom. The molecule has 0 aromatic heterocycles. The molecule has 0 aliphatic heterocycles. The fourth-order valence-electron chi connectivity index (χ4n) is 5.87. The van der Waals surface area contributed by atoms with Crippen LogP contribution in [0.3, 0.4) is 0 Å². The van der Waals surface area contributed by atoms with E-state index in [9.17, 15) is 27.6 Å². The van der Waals surface area contributed by atoms with Gasteiger partial charge >= 0.3 is 24.1 Å². The van der Waals surface area contributed by atoms with Gasteiger partial charge in [0, 0.05) is 30.9 Å². The molecule has 0 radical (unpaired) electrons. The summed E-state index contributed by atoms with van der Waals surface area (Å²) in [4.78, 5) is 45.7. The third-order valence-electron chi connectivity index (χ3n) is 9.32. The first-order valence-corrected chi connectivity index (χ1v) is 22.9. The van der Waals surface area contributed by atoms with Gasteiger partial charge in [0.1, 0.15) is 18.8 Å². The van der Waals surface area contributed by atoms with E-state index in [1.165, 1.54) is 140 Å². The van der Waals surface area contributed by atoms with E-state index in [1.807, 2.05) is 0 Å². The van der Waals surface area contributed by atoms with E-state index >= 15 is 0 Å². The Morgan fingerprint density at radius 1 is 0.643 bits per heavy atom. The molecule has 2 atom stereocenters. The van der Waals surface area contributed by atoms with Gasteiger partial charge in [0.05, 0.1) is 6.61 Å². The normalized spacial score (nSPS) is 12.3. The van der Waals surface area contributed by atoms with E-state index < -0.39 is 36.8 Å². The topological polar surface area (TPSA) is 165 Å². The van der Waals surface area contributed by atoms with Gasteiger partial charge in [0.2, 0.25) is 5.91 Å². The van der Waals surface area contributed by atoms with Crippen molar-refractivity contribution in [3.05, 3.63) is 0 Å². The number of amides is 1. The maximum Gasteiger partial charge on any atom is 0.490 e. The van der Waals surface area contributed by atoms with E-state index in [1.54, 1.807) is 0 Å². The number of nitrogens with one attached hydrogen (secondary N) is 1. The summed E-state index contributed by atoms with van der Waals surface area (Å²) in [7, 11) is 0.